The van der Waals surface area contributed by atoms with Crippen LogP contribution >= 0.6 is 27.5 Å². The lowest BCUT2D eigenvalue weighted by Crippen LogP contribution is -2.02. The van der Waals surface area contributed by atoms with Crippen LogP contribution in [-0.4, -0.2) is 14.5 Å². The van der Waals surface area contributed by atoms with Crippen LogP contribution in [0.4, 0.5) is 5.95 Å². The van der Waals surface area contributed by atoms with Gasteiger partial charge in [-0.3, -0.25) is 4.57 Å². The van der Waals surface area contributed by atoms with Crippen molar-refractivity contribution < 1.29 is 0 Å². The highest BCUT2D eigenvalue weighted by atomic mass is 79.9. The van der Waals surface area contributed by atoms with E-state index in [1.54, 1.807) is 10.8 Å². The number of hydrogen-bond donors (Lipinski definition) is 1. The van der Waals surface area contributed by atoms with Crippen LogP contribution in [0.2, 0.25) is 5.02 Å². The lowest BCUT2D eigenvalue weighted by atomic mass is 10.3. The van der Waals surface area contributed by atoms with Gasteiger partial charge in [0, 0.05) is 10.7 Å². The average molecular weight is 338 g/mol. The fraction of sp³-hybridized carbons (Fsp3) is 0.0769. The number of aryl methyl sites for hydroxylation is 1. The molecule has 0 spiro atoms. The van der Waals surface area contributed by atoms with E-state index in [0.717, 1.165) is 21.2 Å². The number of benzene rings is 1. The van der Waals surface area contributed by atoms with Gasteiger partial charge in [-0.1, -0.05) is 27.5 Å². The first-order valence-corrected chi connectivity index (χ1v) is 6.79. The molecule has 0 amide bonds. The molecule has 0 radical (unpaired) electrons. The van der Waals surface area contributed by atoms with Crippen LogP contribution in [0.15, 0.2) is 34.9 Å². The molecule has 1 aromatic carbocycles. The van der Waals surface area contributed by atoms with Gasteiger partial charge < -0.3 is 5.73 Å². The van der Waals surface area contributed by atoms with E-state index < -0.39 is 0 Å². The molecule has 96 valence electrons. The molecule has 6 heteroatoms. The number of aromatic nitrogens is 3. The van der Waals surface area contributed by atoms with Gasteiger partial charge in [0.05, 0.1) is 10.7 Å². The molecule has 3 aromatic rings. The van der Waals surface area contributed by atoms with Crippen molar-refractivity contribution in [2.24, 2.45) is 0 Å². The first kappa shape index (κ1) is 12.4. The van der Waals surface area contributed by atoms with E-state index in [-0.39, 0.29) is 0 Å². The van der Waals surface area contributed by atoms with Crippen LogP contribution in [-0.2, 0) is 0 Å². The third kappa shape index (κ3) is 2.09. The predicted octanol–water partition coefficient (Wildman–Crippen LogP) is 3.73. The van der Waals surface area contributed by atoms with Crippen LogP contribution < -0.4 is 5.73 Å². The summed E-state index contributed by atoms with van der Waals surface area (Å²) >= 11 is 9.64. The molecule has 4 nitrogen and oxygen atoms in total. The monoisotopic (exact) mass is 336 g/mol. The predicted molar refractivity (Wildman–Crippen MR) is 80.7 cm³/mol. The Hall–Kier alpha value is -1.59. The van der Waals surface area contributed by atoms with E-state index in [9.17, 15) is 0 Å². The van der Waals surface area contributed by atoms with E-state index in [1.807, 2.05) is 31.2 Å². The normalized spacial score (nSPS) is 11.1. The Balaban J connectivity index is 2.33. The first-order valence-electron chi connectivity index (χ1n) is 5.62. The maximum atomic E-state index is 6.26. The smallest absolute Gasteiger partial charge is 0.207 e. The molecule has 0 aliphatic heterocycles. The largest absolute Gasteiger partial charge is 0.369 e. The van der Waals surface area contributed by atoms with Crippen molar-refractivity contribution in [1.82, 2.24) is 14.5 Å². The number of nitrogens with zero attached hydrogens (tertiary/aromatic N) is 3. The van der Waals surface area contributed by atoms with E-state index in [4.69, 9.17) is 17.3 Å². The molecule has 0 aliphatic carbocycles. The van der Waals surface area contributed by atoms with Crippen LogP contribution in [0.5, 0.6) is 0 Å². The van der Waals surface area contributed by atoms with Crippen molar-refractivity contribution in [3.05, 3.63) is 45.5 Å². The second-order valence-corrected chi connectivity index (χ2v) is 5.58. The van der Waals surface area contributed by atoms with Gasteiger partial charge >= 0.3 is 0 Å². The molecule has 2 heterocycles. The standard InChI is InChI=1S/C13H10BrClN4/c1-7-4-10-12(17-6-7)19(13(16)18-10)11-3-2-8(14)5-9(11)15/h2-6H,1H3,(H2,16,18). The Morgan fingerprint density at radius 3 is 2.84 bits per heavy atom. The van der Waals surface area contributed by atoms with E-state index >= 15 is 0 Å². The van der Waals surface area contributed by atoms with Gasteiger partial charge in [-0.05, 0) is 36.8 Å². The number of halogens is 2. The van der Waals surface area contributed by atoms with Gasteiger partial charge in [0.15, 0.2) is 5.65 Å². The van der Waals surface area contributed by atoms with Crippen LogP contribution in [0.1, 0.15) is 5.56 Å². The van der Waals surface area contributed by atoms with Gasteiger partial charge in [-0.15, -0.1) is 0 Å². The first-order chi connectivity index (χ1) is 9.06. The summed E-state index contributed by atoms with van der Waals surface area (Å²) in [5.74, 6) is 0.373. The second-order valence-electron chi connectivity index (χ2n) is 4.26. The van der Waals surface area contributed by atoms with Crippen LogP contribution in [0.25, 0.3) is 16.9 Å². The zero-order valence-electron chi connectivity index (χ0n) is 10.1. The minimum Gasteiger partial charge on any atom is -0.369 e. The number of nitrogens with two attached hydrogens (primary N) is 1. The highest BCUT2D eigenvalue weighted by Gasteiger charge is 2.13. The molecule has 2 aromatic heterocycles. The molecule has 0 aliphatic rings. The quantitative estimate of drug-likeness (QED) is 0.736. The number of anilines is 1. The van der Waals surface area contributed by atoms with Gasteiger partial charge in [-0.25, -0.2) is 9.97 Å². The second kappa shape index (κ2) is 4.51. The fourth-order valence-electron chi connectivity index (χ4n) is 1.98. The Morgan fingerprint density at radius 1 is 1.32 bits per heavy atom. The Bertz CT molecular complexity index is 782. The minimum absolute atomic E-state index is 0.373. The number of nitrogen functional groups attached to an aromatic ring is 1. The van der Waals surface area contributed by atoms with Crippen LogP contribution in [0.3, 0.4) is 0 Å². The number of hydrogen-bond acceptors (Lipinski definition) is 3. The molecular formula is C13H10BrClN4. The van der Waals surface area contributed by atoms with Gasteiger partial charge in [0.1, 0.15) is 5.52 Å². The Labute approximate surface area is 123 Å². The molecule has 0 saturated heterocycles. The number of pyridine rings is 1. The third-order valence-electron chi connectivity index (χ3n) is 2.81. The molecule has 2 N–H and O–H groups in total. The van der Waals surface area contributed by atoms with Crippen molar-refractivity contribution in [3.8, 4) is 5.69 Å². The van der Waals surface area contributed by atoms with E-state index in [1.165, 1.54) is 0 Å². The molecule has 0 unspecified atom stereocenters. The van der Waals surface area contributed by atoms with Crippen molar-refractivity contribution in [2.45, 2.75) is 6.92 Å². The average Bonchev–Trinajstić information content (AvgIpc) is 2.65. The lowest BCUT2D eigenvalue weighted by molar-refractivity contribution is 1.08. The molecule has 0 fully saturated rings. The molecule has 0 saturated carbocycles. The van der Waals surface area contributed by atoms with Gasteiger partial charge in [-0.2, -0.15) is 0 Å². The summed E-state index contributed by atoms with van der Waals surface area (Å²) in [6.45, 7) is 1.97. The number of fused-ring (bicyclic) bond motifs is 1. The minimum atomic E-state index is 0.373. The van der Waals surface area contributed by atoms with Crippen molar-refractivity contribution >= 4 is 44.6 Å². The maximum absolute atomic E-state index is 6.26. The van der Waals surface area contributed by atoms with E-state index in [0.29, 0.717) is 16.6 Å². The molecule has 0 atom stereocenters. The van der Waals surface area contributed by atoms with Gasteiger partial charge in [0.2, 0.25) is 5.95 Å². The topological polar surface area (TPSA) is 56.7 Å². The van der Waals surface area contributed by atoms with Crippen LogP contribution in [0, 0.1) is 6.92 Å². The number of rotatable bonds is 1. The summed E-state index contributed by atoms with van der Waals surface area (Å²) in [6, 6.07) is 7.55. The molecule has 3 rings (SSSR count). The zero-order valence-corrected chi connectivity index (χ0v) is 12.4. The Kier molecular flexibility index (Phi) is 2.95. The van der Waals surface area contributed by atoms with E-state index in [2.05, 4.69) is 25.9 Å². The lowest BCUT2D eigenvalue weighted by Gasteiger charge is -2.08. The zero-order chi connectivity index (χ0) is 13.6. The SMILES string of the molecule is Cc1cnc2c(c1)nc(N)n2-c1ccc(Br)cc1Cl. The van der Waals surface area contributed by atoms with Crippen molar-refractivity contribution in [1.29, 1.82) is 0 Å². The number of imidazole rings is 1. The summed E-state index contributed by atoms with van der Waals surface area (Å²) < 4.78 is 2.66. The highest BCUT2D eigenvalue weighted by Crippen LogP contribution is 2.29. The van der Waals surface area contributed by atoms with Crippen molar-refractivity contribution in [3.63, 3.8) is 0 Å². The summed E-state index contributed by atoms with van der Waals surface area (Å²) in [7, 11) is 0. The third-order valence-corrected chi connectivity index (χ3v) is 3.61. The summed E-state index contributed by atoms with van der Waals surface area (Å²) in [4.78, 5) is 8.71. The van der Waals surface area contributed by atoms with Crippen molar-refractivity contribution in [2.75, 3.05) is 5.73 Å². The summed E-state index contributed by atoms with van der Waals surface area (Å²) in [5, 5.41) is 0.586. The molecular weight excluding hydrogens is 328 g/mol. The molecule has 19 heavy (non-hydrogen) atoms. The fourth-order valence-corrected chi connectivity index (χ4v) is 2.74. The van der Waals surface area contributed by atoms with Gasteiger partial charge in [0.25, 0.3) is 0 Å². The highest BCUT2D eigenvalue weighted by molar-refractivity contribution is 9.10. The molecule has 0 bridgehead atoms. The maximum Gasteiger partial charge on any atom is 0.207 e. The summed E-state index contributed by atoms with van der Waals surface area (Å²) in [5.41, 5.74) is 9.25. The summed E-state index contributed by atoms with van der Waals surface area (Å²) in [6.07, 6.45) is 1.78. The Morgan fingerprint density at radius 2 is 2.11 bits per heavy atom.